The molecule has 20 heavy (non-hydrogen) atoms. The summed E-state index contributed by atoms with van der Waals surface area (Å²) in [5.41, 5.74) is 0.850. The van der Waals surface area contributed by atoms with Crippen LogP contribution in [-0.4, -0.2) is 25.3 Å². The number of hydrogen-bond donors (Lipinski definition) is 2. The topological polar surface area (TPSA) is 32.3 Å². The molecule has 0 spiro atoms. The number of rotatable bonds is 5. The number of benzene rings is 1. The van der Waals surface area contributed by atoms with Gasteiger partial charge in [-0.1, -0.05) is 68.4 Å². The SMILES string of the molecule is C[Si](C)(C)c1ccc(CNCC2(O)CCCCC2)cc1. The van der Waals surface area contributed by atoms with E-state index in [9.17, 15) is 5.11 Å². The first kappa shape index (κ1) is 15.7. The molecule has 0 bridgehead atoms. The highest BCUT2D eigenvalue weighted by Crippen LogP contribution is 2.27. The summed E-state index contributed by atoms with van der Waals surface area (Å²) in [5, 5.41) is 15.4. The summed E-state index contributed by atoms with van der Waals surface area (Å²) in [6, 6.07) is 9.01. The zero-order valence-corrected chi connectivity index (χ0v) is 14.2. The third-order valence-electron chi connectivity index (χ3n) is 4.39. The van der Waals surface area contributed by atoms with Crippen molar-refractivity contribution >= 4 is 13.3 Å². The van der Waals surface area contributed by atoms with Crippen LogP contribution in [-0.2, 0) is 6.54 Å². The van der Waals surface area contributed by atoms with Crippen molar-refractivity contribution in [1.29, 1.82) is 0 Å². The van der Waals surface area contributed by atoms with Crippen LogP contribution in [0.5, 0.6) is 0 Å². The minimum Gasteiger partial charge on any atom is -0.389 e. The lowest BCUT2D eigenvalue weighted by Gasteiger charge is -2.32. The first-order valence-corrected chi connectivity index (χ1v) is 11.4. The van der Waals surface area contributed by atoms with Crippen LogP contribution in [0.25, 0.3) is 0 Å². The predicted octanol–water partition coefficient (Wildman–Crippen LogP) is 3.02. The van der Waals surface area contributed by atoms with Gasteiger partial charge in [0.15, 0.2) is 0 Å². The van der Waals surface area contributed by atoms with Gasteiger partial charge in [0.1, 0.15) is 0 Å². The summed E-state index contributed by atoms with van der Waals surface area (Å²) < 4.78 is 0. The lowest BCUT2D eigenvalue weighted by molar-refractivity contribution is 0.00468. The van der Waals surface area contributed by atoms with Gasteiger partial charge in [-0.3, -0.25) is 0 Å². The molecule has 0 atom stereocenters. The molecule has 0 aliphatic heterocycles. The van der Waals surface area contributed by atoms with Gasteiger partial charge in [0.2, 0.25) is 0 Å². The van der Waals surface area contributed by atoms with Crippen molar-refractivity contribution in [3.63, 3.8) is 0 Å². The van der Waals surface area contributed by atoms with E-state index in [4.69, 9.17) is 0 Å². The van der Waals surface area contributed by atoms with Crippen LogP contribution in [0.15, 0.2) is 24.3 Å². The Hall–Kier alpha value is -0.643. The van der Waals surface area contributed by atoms with Crippen molar-refractivity contribution in [3.8, 4) is 0 Å². The molecule has 0 heterocycles. The van der Waals surface area contributed by atoms with Crippen LogP contribution in [0.1, 0.15) is 37.7 Å². The van der Waals surface area contributed by atoms with Crippen molar-refractivity contribution in [2.75, 3.05) is 6.54 Å². The third kappa shape index (κ3) is 4.44. The summed E-state index contributed by atoms with van der Waals surface area (Å²) in [7, 11) is -1.19. The van der Waals surface area contributed by atoms with E-state index in [1.54, 1.807) is 0 Å². The summed E-state index contributed by atoms with van der Waals surface area (Å²) >= 11 is 0. The van der Waals surface area contributed by atoms with Gasteiger partial charge in [-0.15, -0.1) is 0 Å². The molecule has 0 saturated heterocycles. The van der Waals surface area contributed by atoms with E-state index in [1.165, 1.54) is 30.0 Å². The maximum Gasteiger partial charge on any atom is 0.0775 e. The fourth-order valence-electron chi connectivity index (χ4n) is 2.95. The van der Waals surface area contributed by atoms with Crippen molar-refractivity contribution in [1.82, 2.24) is 5.32 Å². The third-order valence-corrected chi connectivity index (χ3v) is 6.45. The van der Waals surface area contributed by atoms with E-state index in [0.717, 1.165) is 25.9 Å². The van der Waals surface area contributed by atoms with Gasteiger partial charge in [-0.25, -0.2) is 0 Å². The van der Waals surface area contributed by atoms with E-state index < -0.39 is 13.7 Å². The van der Waals surface area contributed by atoms with E-state index in [-0.39, 0.29) is 0 Å². The molecule has 1 fully saturated rings. The Morgan fingerprint density at radius 3 is 2.20 bits per heavy atom. The summed E-state index contributed by atoms with van der Waals surface area (Å²) in [4.78, 5) is 0. The van der Waals surface area contributed by atoms with Gasteiger partial charge in [0.25, 0.3) is 0 Å². The Morgan fingerprint density at radius 2 is 1.65 bits per heavy atom. The molecule has 112 valence electrons. The molecule has 0 radical (unpaired) electrons. The molecule has 1 aromatic rings. The Morgan fingerprint density at radius 1 is 1.05 bits per heavy atom. The molecule has 2 rings (SSSR count). The highest BCUT2D eigenvalue weighted by atomic mass is 28.3. The zero-order chi connectivity index (χ0) is 14.6. The average molecular weight is 292 g/mol. The van der Waals surface area contributed by atoms with Crippen LogP contribution in [0.4, 0.5) is 0 Å². The zero-order valence-electron chi connectivity index (χ0n) is 13.2. The summed E-state index contributed by atoms with van der Waals surface area (Å²) in [5.74, 6) is 0. The molecule has 1 aliphatic rings. The van der Waals surface area contributed by atoms with Crippen molar-refractivity contribution in [2.24, 2.45) is 0 Å². The van der Waals surface area contributed by atoms with Crippen molar-refractivity contribution in [3.05, 3.63) is 29.8 Å². The first-order chi connectivity index (χ1) is 9.39. The minimum atomic E-state index is -1.19. The molecular formula is C17H29NOSi. The molecule has 2 N–H and O–H groups in total. The molecule has 3 heteroatoms. The Kier molecular flexibility index (Phi) is 5.05. The second-order valence-electron chi connectivity index (χ2n) is 7.34. The maximum absolute atomic E-state index is 10.4. The molecule has 1 saturated carbocycles. The van der Waals surface area contributed by atoms with Crippen LogP contribution in [0.3, 0.4) is 0 Å². The highest BCUT2D eigenvalue weighted by molar-refractivity contribution is 6.88. The summed E-state index contributed by atoms with van der Waals surface area (Å²) in [6.07, 6.45) is 5.52. The number of aliphatic hydroxyl groups is 1. The minimum absolute atomic E-state index is 0.462. The lowest BCUT2D eigenvalue weighted by atomic mass is 9.85. The molecular weight excluding hydrogens is 262 g/mol. The second kappa shape index (κ2) is 6.42. The first-order valence-electron chi connectivity index (χ1n) is 7.92. The van der Waals surface area contributed by atoms with Gasteiger partial charge in [-0.05, 0) is 18.4 Å². The molecule has 1 aromatic carbocycles. The number of nitrogens with one attached hydrogen (secondary N) is 1. The smallest absolute Gasteiger partial charge is 0.0775 e. The maximum atomic E-state index is 10.4. The summed E-state index contributed by atoms with van der Waals surface area (Å²) in [6.45, 7) is 8.70. The van der Waals surface area contributed by atoms with Crippen molar-refractivity contribution in [2.45, 2.75) is 63.9 Å². The van der Waals surface area contributed by atoms with Gasteiger partial charge < -0.3 is 10.4 Å². The monoisotopic (exact) mass is 291 g/mol. The standard InChI is InChI=1S/C17H29NOSi/c1-20(2,3)16-9-7-15(8-10-16)13-18-14-17(19)11-5-4-6-12-17/h7-10,18-19H,4-6,11-14H2,1-3H3. The van der Waals surface area contributed by atoms with Crippen LogP contribution >= 0.6 is 0 Å². The predicted molar refractivity (Wildman–Crippen MR) is 89.2 cm³/mol. The fraction of sp³-hybridized carbons (Fsp3) is 0.647. The average Bonchev–Trinajstić information content (AvgIpc) is 2.39. The second-order valence-corrected chi connectivity index (χ2v) is 12.4. The quantitative estimate of drug-likeness (QED) is 0.817. The van der Waals surface area contributed by atoms with Gasteiger partial charge in [0.05, 0.1) is 13.7 Å². The molecule has 0 amide bonds. The molecule has 0 aromatic heterocycles. The van der Waals surface area contributed by atoms with Crippen LogP contribution in [0, 0.1) is 0 Å². The number of hydrogen-bond acceptors (Lipinski definition) is 2. The van der Waals surface area contributed by atoms with E-state index >= 15 is 0 Å². The lowest BCUT2D eigenvalue weighted by Crippen LogP contribution is -2.42. The Balaban J connectivity index is 1.82. The Labute approximate surface area is 124 Å². The highest BCUT2D eigenvalue weighted by Gasteiger charge is 2.28. The van der Waals surface area contributed by atoms with Crippen LogP contribution < -0.4 is 10.5 Å². The van der Waals surface area contributed by atoms with Gasteiger partial charge in [-0.2, -0.15) is 0 Å². The normalized spacial score (nSPS) is 19.0. The van der Waals surface area contributed by atoms with E-state index in [1.807, 2.05) is 0 Å². The molecule has 1 aliphatic carbocycles. The van der Waals surface area contributed by atoms with Gasteiger partial charge >= 0.3 is 0 Å². The van der Waals surface area contributed by atoms with Crippen LogP contribution in [0.2, 0.25) is 19.6 Å². The van der Waals surface area contributed by atoms with E-state index in [0.29, 0.717) is 0 Å². The van der Waals surface area contributed by atoms with Gasteiger partial charge in [0, 0.05) is 13.1 Å². The van der Waals surface area contributed by atoms with Crippen molar-refractivity contribution < 1.29 is 5.11 Å². The molecule has 0 unspecified atom stereocenters. The van der Waals surface area contributed by atoms with E-state index in [2.05, 4.69) is 49.2 Å². The fourth-order valence-corrected chi connectivity index (χ4v) is 4.12. The molecule has 2 nitrogen and oxygen atoms in total. The Bertz CT molecular complexity index is 416. The largest absolute Gasteiger partial charge is 0.389 e.